The largest absolute Gasteiger partial charge is 0.389 e. The number of hydrogen-bond donors (Lipinski definition) is 1. The minimum atomic E-state index is -0.506. The summed E-state index contributed by atoms with van der Waals surface area (Å²) in [6, 6.07) is 0. The lowest BCUT2D eigenvalue weighted by atomic mass is 9.89. The molecule has 0 aliphatic rings. The highest BCUT2D eigenvalue weighted by molar-refractivity contribution is 5.87. The fraction of sp³-hybridized carbons (Fsp3) is 0.700. The second kappa shape index (κ2) is 4.41. The zero-order valence-corrected chi connectivity index (χ0v) is 8.29. The predicted molar refractivity (Wildman–Crippen MR) is 49.9 cm³/mol. The summed E-state index contributed by atoms with van der Waals surface area (Å²) in [7, 11) is 0. The van der Waals surface area contributed by atoms with E-state index < -0.39 is 6.10 Å². The van der Waals surface area contributed by atoms with E-state index in [1.807, 2.05) is 0 Å². The molecule has 0 rings (SSSR count). The first-order valence-electron chi connectivity index (χ1n) is 4.18. The van der Waals surface area contributed by atoms with Crippen LogP contribution in [0.1, 0.15) is 34.1 Å². The minimum absolute atomic E-state index is 0.0250. The number of rotatable bonds is 3. The van der Waals surface area contributed by atoms with E-state index in [0.29, 0.717) is 6.42 Å². The summed E-state index contributed by atoms with van der Waals surface area (Å²) in [4.78, 5) is 10.5. The lowest BCUT2D eigenvalue weighted by Gasteiger charge is -2.19. The quantitative estimate of drug-likeness (QED) is 0.657. The molecule has 1 N–H and O–H groups in total. The average molecular weight is 170 g/mol. The van der Waals surface area contributed by atoms with Gasteiger partial charge in [0, 0.05) is 0 Å². The zero-order valence-electron chi connectivity index (χ0n) is 8.29. The van der Waals surface area contributed by atoms with E-state index in [0.717, 1.165) is 0 Å². The molecule has 0 aliphatic heterocycles. The summed E-state index contributed by atoms with van der Waals surface area (Å²) in [6.07, 6.45) is 3.13. The van der Waals surface area contributed by atoms with Crippen molar-refractivity contribution in [1.29, 1.82) is 0 Å². The Morgan fingerprint density at radius 1 is 1.50 bits per heavy atom. The topological polar surface area (TPSA) is 37.3 Å². The van der Waals surface area contributed by atoms with Crippen LogP contribution in [0.2, 0.25) is 0 Å². The Bertz CT molecular complexity index is 175. The van der Waals surface area contributed by atoms with Crippen molar-refractivity contribution < 1.29 is 9.90 Å². The third kappa shape index (κ3) is 7.48. The third-order valence-corrected chi connectivity index (χ3v) is 1.37. The summed E-state index contributed by atoms with van der Waals surface area (Å²) in [5.41, 5.74) is 0.0978. The third-order valence-electron chi connectivity index (χ3n) is 1.37. The number of aliphatic hydroxyl groups is 1. The maximum atomic E-state index is 10.5. The Kier molecular flexibility index (Phi) is 4.18. The van der Waals surface area contributed by atoms with Crippen LogP contribution in [0.3, 0.4) is 0 Å². The smallest absolute Gasteiger partial charge is 0.152 e. The summed E-state index contributed by atoms with van der Waals surface area (Å²) in [6.45, 7) is 7.63. The van der Waals surface area contributed by atoms with Crippen LogP contribution in [-0.4, -0.2) is 17.0 Å². The molecule has 2 nitrogen and oxygen atoms in total. The molecule has 0 aliphatic carbocycles. The zero-order chi connectivity index (χ0) is 9.78. The van der Waals surface area contributed by atoms with Crippen LogP contribution in [0.15, 0.2) is 12.2 Å². The monoisotopic (exact) mass is 170 g/mol. The molecule has 12 heavy (non-hydrogen) atoms. The van der Waals surface area contributed by atoms with Gasteiger partial charge in [0.15, 0.2) is 5.78 Å². The first-order chi connectivity index (χ1) is 5.31. The first-order valence-corrected chi connectivity index (χ1v) is 4.18. The molecule has 0 heterocycles. The van der Waals surface area contributed by atoms with E-state index >= 15 is 0 Å². The van der Waals surface area contributed by atoms with E-state index in [2.05, 4.69) is 20.8 Å². The van der Waals surface area contributed by atoms with Gasteiger partial charge in [-0.25, -0.2) is 0 Å². The van der Waals surface area contributed by atoms with E-state index in [1.54, 1.807) is 6.08 Å². The van der Waals surface area contributed by atoms with Gasteiger partial charge in [-0.2, -0.15) is 0 Å². The highest BCUT2D eigenvalue weighted by atomic mass is 16.3. The molecule has 0 spiro atoms. The SMILES string of the molecule is CC(=O)C=CC(O)CC(C)(C)C. The fourth-order valence-electron chi connectivity index (χ4n) is 0.942. The summed E-state index contributed by atoms with van der Waals surface area (Å²) in [5.74, 6) is -0.0250. The minimum Gasteiger partial charge on any atom is -0.389 e. The van der Waals surface area contributed by atoms with Crippen LogP contribution >= 0.6 is 0 Å². The van der Waals surface area contributed by atoms with Crippen molar-refractivity contribution in [2.75, 3.05) is 0 Å². The lowest BCUT2D eigenvalue weighted by molar-refractivity contribution is -0.112. The number of ketones is 1. The molecule has 0 fully saturated rings. The Balaban J connectivity index is 3.90. The normalized spacial score (nSPS) is 15.1. The maximum absolute atomic E-state index is 10.5. The maximum Gasteiger partial charge on any atom is 0.152 e. The van der Waals surface area contributed by atoms with Gasteiger partial charge in [0.05, 0.1) is 6.10 Å². The molecule has 0 aromatic carbocycles. The number of aliphatic hydroxyl groups excluding tert-OH is 1. The van der Waals surface area contributed by atoms with Crippen LogP contribution in [0, 0.1) is 5.41 Å². The van der Waals surface area contributed by atoms with Crippen molar-refractivity contribution in [3.63, 3.8) is 0 Å². The Labute approximate surface area is 74.3 Å². The molecule has 0 aromatic heterocycles. The van der Waals surface area contributed by atoms with Crippen molar-refractivity contribution in [1.82, 2.24) is 0 Å². The molecule has 2 heteroatoms. The van der Waals surface area contributed by atoms with Gasteiger partial charge < -0.3 is 5.11 Å². The molecule has 0 amide bonds. The van der Waals surface area contributed by atoms with Crippen molar-refractivity contribution >= 4 is 5.78 Å². The highest BCUT2D eigenvalue weighted by Gasteiger charge is 2.14. The fourth-order valence-corrected chi connectivity index (χ4v) is 0.942. The molecular weight excluding hydrogens is 152 g/mol. The number of hydrogen-bond acceptors (Lipinski definition) is 2. The second-order valence-electron chi connectivity index (χ2n) is 4.30. The standard InChI is InChI=1S/C10H18O2/c1-8(11)5-6-9(12)7-10(2,3)4/h5-6,9,12H,7H2,1-4H3. The van der Waals surface area contributed by atoms with Gasteiger partial charge in [0.2, 0.25) is 0 Å². The van der Waals surface area contributed by atoms with E-state index in [-0.39, 0.29) is 11.2 Å². The second-order valence-corrected chi connectivity index (χ2v) is 4.30. The van der Waals surface area contributed by atoms with Crippen LogP contribution in [0.4, 0.5) is 0 Å². The van der Waals surface area contributed by atoms with Gasteiger partial charge in [-0.3, -0.25) is 4.79 Å². The highest BCUT2D eigenvalue weighted by Crippen LogP contribution is 2.20. The van der Waals surface area contributed by atoms with Gasteiger partial charge in [-0.1, -0.05) is 26.8 Å². The molecule has 0 radical (unpaired) electrons. The van der Waals surface area contributed by atoms with Crippen LogP contribution in [0.25, 0.3) is 0 Å². The predicted octanol–water partition coefficient (Wildman–Crippen LogP) is 1.93. The van der Waals surface area contributed by atoms with Gasteiger partial charge in [0.25, 0.3) is 0 Å². The van der Waals surface area contributed by atoms with Crippen molar-refractivity contribution in [2.45, 2.75) is 40.2 Å². The lowest BCUT2D eigenvalue weighted by Crippen LogP contribution is -2.15. The van der Waals surface area contributed by atoms with Crippen molar-refractivity contribution in [2.24, 2.45) is 5.41 Å². The Morgan fingerprint density at radius 3 is 2.33 bits per heavy atom. The summed E-state index contributed by atoms with van der Waals surface area (Å²) < 4.78 is 0. The first kappa shape index (κ1) is 11.4. The summed E-state index contributed by atoms with van der Waals surface area (Å²) >= 11 is 0. The Morgan fingerprint density at radius 2 is 2.00 bits per heavy atom. The van der Waals surface area contributed by atoms with E-state index in [4.69, 9.17) is 0 Å². The van der Waals surface area contributed by atoms with Crippen LogP contribution in [0.5, 0.6) is 0 Å². The molecular formula is C10H18O2. The van der Waals surface area contributed by atoms with Gasteiger partial charge in [0.1, 0.15) is 0 Å². The van der Waals surface area contributed by atoms with Gasteiger partial charge in [-0.05, 0) is 24.8 Å². The van der Waals surface area contributed by atoms with Crippen LogP contribution < -0.4 is 0 Å². The van der Waals surface area contributed by atoms with E-state index in [9.17, 15) is 9.90 Å². The molecule has 0 bridgehead atoms. The van der Waals surface area contributed by atoms with Crippen molar-refractivity contribution in [3.8, 4) is 0 Å². The van der Waals surface area contributed by atoms with E-state index in [1.165, 1.54) is 13.0 Å². The van der Waals surface area contributed by atoms with Gasteiger partial charge in [-0.15, -0.1) is 0 Å². The van der Waals surface area contributed by atoms with Gasteiger partial charge >= 0.3 is 0 Å². The summed E-state index contributed by atoms with van der Waals surface area (Å²) in [5, 5.41) is 9.39. The molecule has 0 saturated heterocycles. The number of carbonyl (C=O) groups is 1. The molecule has 70 valence electrons. The van der Waals surface area contributed by atoms with Crippen molar-refractivity contribution in [3.05, 3.63) is 12.2 Å². The molecule has 1 atom stereocenters. The number of allylic oxidation sites excluding steroid dienone is 1. The van der Waals surface area contributed by atoms with Crippen LogP contribution in [-0.2, 0) is 4.79 Å². The average Bonchev–Trinajstić information content (AvgIpc) is 1.79. The Hall–Kier alpha value is -0.630. The number of carbonyl (C=O) groups excluding carboxylic acids is 1. The molecule has 0 saturated carbocycles. The molecule has 0 aromatic rings. The molecule has 1 unspecified atom stereocenters.